The van der Waals surface area contributed by atoms with Crippen molar-refractivity contribution in [3.8, 4) is 0 Å². The molecule has 0 amide bonds. The van der Waals surface area contributed by atoms with Gasteiger partial charge in [0.25, 0.3) is 0 Å². The van der Waals surface area contributed by atoms with Crippen molar-refractivity contribution >= 4 is 61.0 Å². The molecule has 1 heterocycles. The molecule has 1 rings (SSSR count). The summed E-state index contributed by atoms with van der Waals surface area (Å²) in [5.41, 5.74) is 0. The fraction of sp³-hybridized carbons (Fsp3) is 0. The van der Waals surface area contributed by atoms with E-state index in [1.54, 1.807) is 0 Å². The molecule has 0 aromatic rings. The zero-order chi connectivity index (χ0) is 15.6. The molecule has 0 aromatic heterocycles. The maximum absolute atomic E-state index is 9.93. The molecule has 21 heavy (non-hydrogen) atoms. The van der Waals surface area contributed by atoms with E-state index in [0.29, 0.717) is 0 Å². The maximum Gasteiger partial charge on any atom is 0 e. The Morgan fingerprint density at radius 3 is 0.952 bits per heavy atom. The molecule has 6 N–H and O–H groups in total. The van der Waals surface area contributed by atoms with Crippen LogP contribution in [0.3, 0.4) is 0 Å². The van der Waals surface area contributed by atoms with Gasteiger partial charge in [-0.25, -0.2) is 19.2 Å². The molecular formula is C6H6O13PbTi. The topological polar surface area (TPSA) is 233 Å². The first-order chi connectivity index (χ1) is 8.59. The second-order valence-corrected chi connectivity index (χ2v) is 4.32. The first-order valence-corrected chi connectivity index (χ1v) is 6.86. The van der Waals surface area contributed by atoms with E-state index in [4.69, 9.17) is 39.6 Å². The third-order valence-electron chi connectivity index (χ3n) is 0.801. The Balaban J connectivity index is -0.0000000992. The minimum Gasteiger partial charge on any atom is 0 e. The molecule has 0 saturated carbocycles. The first kappa shape index (κ1) is 27.7. The number of carboxylic acid groups (broad SMARTS) is 4. The van der Waals surface area contributed by atoms with Gasteiger partial charge in [0.05, 0.1) is 0 Å². The van der Waals surface area contributed by atoms with Gasteiger partial charge in [0.1, 0.15) is 0 Å². The van der Waals surface area contributed by atoms with Crippen molar-refractivity contribution in [3.63, 3.8) is 0 Å². The molecule has 0 unspecified atom stereocenters. The van der Waals surface area contributed by atoms with E-state index < -0.39 is 61.0 Å². The fourth-order valence-corrected chi connectivity index (χ4v) is 1.58. The van der Waals surface area contributed by atoms with Crippen molar-refractivity contribution in [2.45, 2.75) is 0 Å². The summed E-state index contributed by atoms with van der Waals surface area (Å²) in [6, 6.07) is 0. The normalized spacial score (nSPS) is 10.5. The maximum atomic E-state index is 9.93. The summed E-state index contributed by atoms with van der Waals surface area (Å²) in [6.45, 7) is 0. The van der Waals surface area contributed by atoms with Gasteiger partial charge >= 0.3 is 75.9 Å². The molecule has 116 valence electrons. The molecule has 1 aliphatic heterocycles. The Morgan fingerprint density at radius 2 is 0.905 bits per heavy atom. The molecule has 1 fully saturated rings. The molecule has 0 aliphatic carbocycles. The standard InChI is InChI=1S/3C2H2O4.H2O.Pb.Ti/c3*3-1(4)2(5)6;;;/h3*(H,3,4)(H,5,6);1H2;;/q;;;;+2;/p-2. The summed E-state index contributed by atoms with van der Waals surface area (Å²) >= 11 is -1.66. The molecule has 0 bridgehead atoms. The van der Waals surface area contributed by atoms with Crippen LogP contribution in [0.2, 0.25) is 0 Å². The number of carboxylic acids is 4. The third kappa shape index (κ3) is 18.4. The summed E-state index contributed by atoms with van der Waals surface area (Å²) in [7, 11) is 0. The van der Waals surface area contributed by atoms with Gasteiger partial charge in [-0.1, -0.05) is 0 Å². The van der Waals surface area contributed by atoms with Crippen molar-refractivity contribution in [3.05, 3.63) is 0 Å². The van der Waals surface area contributed by atoms with Crippen LogP contribution in [0.1, 0.15) is 0 Å². The Morgan fingerprint density at radius 1 is 0.714 bits per heavy atom. The Bertz CT molecular complexity index is 355. The monoisotopic (exact) mass is 542 g/mol. The molecule has 15 heteroatoms. The number of carbonyl (C=O) groups excluding carboxylic acids is 2. The smallest absolute Gasteiger partial charge is 0 e. The van der Waals surface area contributed by atoms with Crippen LogP contribution < -0.4 is 0 Å². The van der Waals surface area contributed by atoms with Crippen molar-refractivity contribution in [1.82, 2.24) is 0 Å². The van der Waals surface area contributed by atoms with Crippen LogP contribution in [0.5, 0.6) is 0 Å². The van der Waals surface area contributed by atoms with E-state index in [1.807, 2.05) is 0 Å². The number of carbonyl (C=O) groups is 6. The van der Waals surface area contributed by atoms with Crippen molar-refractivity contribution in [2.75, 3.05) is 0 Å². The number of rotatable bonds is 0. The van der Waals surface area contributed by atoms with Crippen LogP contribution in [0.4, 0.5) is 0 Å². The Labute approximate surface area is 142 Å². The summed E-state index contributed by atoms with van der Waals surface area (Å²) in [5.74, 6) is -8.93. The number of hydrogen-bond donors (Lipinski definition) is 4. The van der Waals surface area contributed by atoms with Crippen LogP contribution in [0.25, 0.3) is 0 Å². The summed E-state index contributed by atoms with van der Waals surface area (Å²) in [4.78, 5) is 56.2. The molecule has 1 aliphatic rings. The fourth-order valence-electron chi connectivity index (χ4n) is 0.180. The van der Waals surface area contributed by atoms with Gasteiger partial charge in [-0.3, -0.25) is 0 Å². The summed E-state index contributed by atoms with van der Waals surface area (Å²) < 4.78 is 8.50. The van der Waals surface area contributed by atoms with E-state index in [2.05, 4.69) is 5.37 Å². The van der Waals surface area contributed by atoms with Crippen LogP contribution in [0.15, 0.2) is 0 Å². The van der Waals surface area contributed by atoms with Crippen molar-refractivity contribution < 1.29 is 81.8 Å². The van der Waals surface area contributed by atoms with E-state index in [0.717, 1.165) is 0 Å². The Kier molecular flexibility index (Phi) is 19.6. The van der Waals surface area contributed by atoms with E-state index >= 15 is 0 Å². The largest absolute Gasteiger partial charge is 0 e. The Hall–Kier alpha value is -1.58. The minimum absolute atomic E-state index is 0. The predicted molar refractivity (Wildman–Crippen MR) is 52.1 cm³/mol. The van der Waals surface area contributed by atoms with E-state index in [-0.39, 0.29) is 27.2 Å². The van der Waals surface area contributed by atoms with Gasteiger partial charge in [-0.2, -0.15) is 0 Å². The first-order valence-electron chi connectivity index (χ1n) is 3.69. The van der Waals surface area contributed by atoms with Crippen LogP contribution in [0, 0.1) is 0 Å². The second kappa shape index (κ2) is 14.8. The zero-order valence-electron chi connectivity index (χ0n) is 9.55. The molecule has 1 saturated heterocycles. The second-order valence-electron chi connectivity index (χ2n) is 2.08. The van der Waals surface area contributed by atoms with Crippen molar-refractivity contribution in [1.29, 1.82) is 0 Å². The molecule has 13 nitrogen and oxygen atoms in total. The van der Waals surface area contributed by atoms with Gasteiger partial charge in [0.2, 0.25) is 0 Å². The molecule has 2 radical (unpaired) electrons. The molecular weight excluding hydrogens is 535 g/mol. The van der Waals surface area contributed by atoms with Gasteiger partial charge < -0.3 is 25.9 Å². The van der Waals surface area contributed by atoms with Crippen LogP contribution >= 0.6 is 0 Å². The van der Waals surface area contributed by atoms with Gasteiger partial charge in [-0.15, -0.1) is 0 Å². The summed E-state index contributed by atoms with van der Waals surface area (Å²) in [5, 5.41) is 29.6. The SMILES string of the molecule is O.O=C(O)C(=O)O.O=C(O)C(=O)O.O=C1[O][Pb][O]C1=O.[Ti]. The zero-order valence-corrected chi connectivity index (χ0v) is 15.0. The average molecular weight is 541 g/mol. The quantitative estimate of drug-likeness (QED) is 0.170. The number of hydrogen-bond acceptors (Lipinski definition) is 8. The van der Waals surface area contributed by atoms with Crippen LogP contribution in [-0.2, 0) is 55.9 Å². The minimum atomic E-state index is -1.82. The van der Waals surface area contributed by atoms with Gasteiger partial charge in [0, 0.05) is 21.7 Å². The predicted octanol–water partition coefficient (Wildman–Crippen LogP) is -3.90. The molecule has 0 atom stereocenters. The van der Waals surface area contributed by atoms with Gasteiger partial charge in [0.15, 0.2) is 0 Å². The third-order valence-corrected chi connectivity index (χ3v) is 2.89. The van der Waals surface area contributed by atoms with Gasteiger partial charge in [-0.05, 0) is 0 Å². The summed E-state index contributed by atoms with van der Waals surface area (Å²) in [6.07, 6.45) is 0. The molecule has 0 aromatic carbocycles. The number of aliphatic carboxylic acids is 4. The van der Waals surface area contributed by atoms with E-state index in [1.165, 1.54) is 0 Å². The van der Waals surface area contributed by atoms with Crippen LogP contribution in [-0.4, -0.2) is 86.9 Å². The molecule has 0 spiro atoms. The van der Waals surface area contributed by atoms with Crippen molar-refractivity contribution in [2.24, 2.45) is 0 Å². The average Bonchev–Trinajstić information content (AvgIpc) is 2.64. The van der Waals surface area contributed by atoms with E-state index in [9.17, 15) is 9.59 Å².